The predicted molar refractivity (Wildman–Crippen MR) is 95.9 cm³/mol. The first-order valence-corrected chi connectivity index (χ1v) is 9.52. The number of sulfonamides is 1. The van der Waals surface area contributed by atoms with Crippen molar-refractivity contribution in [3.05, 3.63) is 53.5 Å². The van der Waals surface area contributed by atoms with E-state index in [1.54, 1.807) is 13.8 Å². The van der Waals surface area contributed by atoms with Gasteiger partial charge in [0.05, 0.1) is 10.9 Å². The van der Waals surface area contributed by atoms with Crippen LogP contribution in [0, 0.1) is 6.92 Å². The van der Waals surface area contributed by atoms with Crippen LogP contribution in [0.15, 0.2) is 45.7 Å². The lowest BCUT2D eigenvalue weighted by atomic mass is 10.2. The summed E-state index contributed by atoms with van der Waals surface area (Å²) in [5.41, 5.74) is 0.390. The summed E-state index contributed by atoms with van der Waals surface area (Å²) >= 11 is 0. The van der Waals surface area contributed by atoms with Gasteiger partial charge in [-0.1, -0.05) is 0 Å². The topological polar surface area (TPSA) is 79.6 Å². The lowest BCUT2D eigenvalue weighted by Gasteiger charge is -2.21. The van der Waals surface area contributed by atoms with E-state index in [-0.39, 0.29) is 22.9 Å². The Hall–Kier alpha value is -2.12. The second kappa shape index (κ2) is 7.41. The van der Waals surface area contributed by atoms with Crippen LogP contribution in [0.5, 0.6) is 0 Å². The highest BCUT2D eigenvalue weighted by molar-refractivity contribution is 7.89. The van der Waals surface area contributed by atoms with Crippen molar-refractivity contribution in [2.24, 2.45) is 0 Å². The Morgan fingerprint density at radius 1 is 1.08 bits per heavy atom. The van der Waals surface area contributed by atoms with Gasteiger partial charge in [0, 0.05) is 18.7 Å². The average molecular weight is 364 g/mol. The maximum Gasteiger partial charge on any atom is 0.251 e. The van der Waals surface area contributed by atoms with Gasteiger partial charge in [0.15, 0.2) is 0 Å². The van der Waals surface area contributed by atoms with Gasteiger partial charge in [0.1, 0.15) is 11.5 Å². The van der Waals surface area contributed by atoms with Gasteiger partial charge in [-0.25, -0.2) is 8.42 Å². The van der Waals surface area contributed by atoms with Crippen molar-refractivity contribution in [2.45, 2.75) is 44.7 Å². The number of amides is 1. The molecule has 1 amide bonds. The van der Waals surface area contributed by atoms with E-state index < -0.39 is 10.0 Å². The molecule has 0 radical (unpaired) electrons. The van der Waals surface area contributed by atoms with Crippen LogP contribution < -0.4 is 5.32 Å². The highest BCUT2D eigenvalue weighted by atomic mass is 32.2. The molecule has 136 valence electrons. The van der Waals surface area contributed by atoms with E-state index in [4.69, 9.17) is 4.42 Å². The molecule has 0 spiro atoms. The molecule has 1 heterocycles. The maximum atomic E-state index is 12.4. The molecule has 7 heteroatoms. The molecule has 0 aliphatic carbocycles. The number of nitrogens with zero attached hydrogens (tertiary/aromatic N) is 1. The molecule has 0 aliphatic heterocycles. The molecule has 0 bridgehead atoms. The van der Waals surface area contributed by atoms with Gasteiger partial charge in [-0.15, -0.1) is 0 Å². The molecule has 1 unspecified atom stereocenters. The molecule has 1 N–H and O–H groups in total. The largest absolute Gasteiger partial charge is 0.464 e. The summed E-state index contributed by atoms with van der Waals surface area (Å²) in [4.78, 5) is 12.5. The number of hydrogen-bond donors (Lipinski definition) is 1. The first-order chi connectivity index (χ1) is 11.6. The molecule has 0 saturated carbocycles. The van der Waals surface area contributed by atoms with E-state index in [0.29, 0.717) is 11.3 Å². The van der Waals surface area contributed by atoms with Crippen LogP contribution in [0.25, 0.3) is 0 Å². The third kappa shape index (κ3) is 4.29. The maximum absolute atomic E-state index is 12.4. The zero-order valence-electron chi connectivity index (χ0n) is 15.1. The summed E-state index contributed by atoms with van der Waals surface area (Å²) in [6.45, 7) is 7.27. The van der Waals surface area contributed by atoms with Crippen LogP contribution >= 0.6 is 0 Å². The van der Waals surface area contributed by atoms with Crippen molar-refractivity contribution in [2.75, 3.05) is 7.05 Å². The Bertz CT molecular complexity index is 838. The standard InChI is InChI=1S/C18H24N2O4S/c1-12(2)20(5)25(22,23)16-9-7-15(8-10-16)18(21)19-14(4)17-11-6-13(3)24-17/h6-12,14H,1-5H3,(H,19,21). The Morgan fingerprint density at radius 3 is 2.16 bits per heavy atom. The molecule has 2 aromatic rings. The zero-order chi connectivity index (χ0) is 18.8. The van der Waals surface area contributed by atoms with E-state index in [1.807, 2.05) is 26.0 Å². The third-order valence-corrected chi connectivity index (χ3v) is 6.10. The van der Waals surface area contributed by atoms with Crippen molar-refractivity contribution in [3.63, 3.8) is 0 Å². The second-order valence-electron chi connectivity index (χ2n) is 6.28. The molecule has 6 nitrogen and oxygen atoms in total. The zero-order valence-corrected chi connectivity index (χ0v) is 15.9. The molecule has 25 heavy (non-hydrogen) atoms. The minimum atomic E-state index is -3.56. The number of aryl methyl sites for hydroxylation is 1. The summed E-state index contributed by atoms with van der Waals surface area (Å²) in [7, 11) is -2.02. The SMILES string of the molecule is Cc1ccc(C(C)NC(=O)c2ccc(S(=O)(=O)N(C)C(C)C)cc2)o1. The highest BCUT2D eigenvalue weighted by Gasteiger charge is 2.23. The monoisotopic (exact) mass is 364 g/mol. The molecule has 2 rings (SSSR count). The summed E-state index contributed by atoms with van der Waals surface area (Å²) in [6.07, 6.45) is 0. The molecule has 0 fully saturated rings. The Balaban J connectivity index is 2.13. The van der Waals surface area contributed by atoms with Crippen molar-refractivity contribution in [1.82, 2.24) is 9.62 Å². The average Bonchev–Trinajstić information content (AvgIpc) is 3.00. The molecule has 1 atom stereocenters. The van der Waals surface area contributed by atoms with Gasteiger partial charge in [-0.2, -0.15) is 4.31 Å². The van der Waals surface area contributed by atoms with E-state index >= 15 is 0 Å². The fourth-order valence-corrected chi connectivity index (χ4v) is 3.63. The first kappa shape index (κ1) is 19.2. The van der Waals surface area contributed by atoms with E-state index in [2.05, 4.69) is 5.32 Å². The van der Waals surface area contributed by atoms with Crippen molar-refractivity contribution >= 4 is 15.9 Å². The molecular formula is C18H24N2O4S. The minimum Gasteiger partial charge on any atom is -0.464 e. The highest BCUT2D eigenvalue weighted by Crippen LogP contribution is 2.19. The third-order valence-electron chi connectivity index (χ3n) is 4.06. The summed E-state index contributed by atoms with van der Waals surface area (Å²) in [5.74, 6) is 1.16. The summed E-state index contributed by atoms with van der Waals surface area (Å²) in [5, 5.41) is 2.83. The van der Waals surface area contributed by atoms with E-state index in [9.17, 15) is 13.2 Å². The smallest absolute Gasteiger partial charge is 0.251 e. The van der Waals surface area contributed by atoms with Crippen molar-refractivity contribution < 1.29 is 17.6 Å². The first-order valence-electron chi connectivity index (χ1n) is 8.08. The molecule has 1 aromatic heterocycles. The number of carbonyl (C=O) groups is 1. The summed E-state index contributed by atoms with van der Waals surface area (Å²) < 4.78 is 31.7. The molecule has 1 aromatic carbocycles. The van der Waals surface area contributed by atoms with Crippen molar-refractivity contribution in [3.8, 4) is 0 Å². The van der Waals surface area contributed by atoms with Crippen LogP contribution in [0.2, 0.25) is 0 Å². The predicted octanol–water partition coefficient (Wildman–Crippen LogP) is 3.11. The lowest BCUT2D eigenvalue weighted by Crippen LogP contribution is -2.33. The fourth-order valence-electron chi connectivity index (χ4n) is 2.26. The van der Waals surface area contributed by atoms with Crippen LogP contribution in [-0.4, -0.2) is 31.7 Å². The van der Waals surface area contributed by atoms with Gasteiger partial charge < -0.3 is 9.73 Å². The van der Waals surface area contributed by atoms with Crippen LogP contribution in [0.1, 0.15) is 48.7 Å². The number of furan rings is 1. The lowest BCUT2D eigenvalue weighted by molar-refractivity contribution is 0.0935. The van der Waals surface area contributed by atoms with Gasteiger partial charge in [-0.3, -0.25) is 4.79 Å². The normalized spacial score (nSPS) is 13.2. The van der Waals surface area contributed by atoms with Crippen LogP contribution in [0.4, 0.5) is 0 Å². The quantitative estimate of drug-likeness (QED) is 0.854. The van der Waals surface area contributed by atoms with Crippen molar-refractivity contribution in [1.29, 1.82) is 0 Å². The Labute approximate surface area is 148 Å². The Kier molecular flexibility index (Phi) is 5.69. The van der Waals surface area contributed by atoms with E-state index in [0.717, 1.165) is 5.76 Å². The number of benzene rings is 1. The minimum absolute atomic E-state index is 0.148. The van der Waals surface area contributed by atoms with Gasteiger partial charge in [-0.05, 0) is 64.1 Å². The van der Waals surface area contributed by atoms with Gasteiger partial charge in [0.25, 0.3) is 5.91 Å². The number of nitrogens with one attached hydrogen (secondary N) is 1. The van der Waals surface area contributed by atoms with E-state index in [1.165, 1.54) is 35.6 Å². The number of rotatable bonds is 6. The molecular weight excluding hydrogens is 340 g/mol. The van der Waals surface area contributed by atoms with Gasteiger partial charge in [0.2, 0.25) is 10.0 Å². The number of carbonyl (C=O) groups excluding carboxylic acids is 1. The molecule has 0 aliphatic rings. The fraction of sp³-hybridized carbons (Fsp3) is 0.389. The molecule has 0 saturated heterocycles. The Morgan fingerprint density at radius 2 is 1.68 bits per heavy atom. The van der Waals surface area contributed by atoms with Gasteiger partial charge >= 0.3 is 0 Å². The summed E-state index contributed by atoms with van der Waals surface area (Å²) in [6, 6.07) is 9.14. The van der Waals surface area contributed by atoms with Crippen LogP contribution in [0.3, 0.4) is 0 Å². The van der Waals surface area contributed by atoms with Crippen LogP contribution in [-0.2, 0) is 10.0 Å². The number of hydrogen-bond acceptors (Lipinski definition) is 4. The second-order valence-corrected chi connectivity index (χ2v) is 8.28.